The Hall–Kier alpha value is -1.29. The largest absolute Gasteiger partial charge is 0.493 e. The molecule has 0 heterocycles. The van der Waals surface area contributed by atoms with Gasteiger partial charge in [0.05, 0.1) is 23.8 Å². The second-order valence-corrected chi connectivity index (χ2v) is 5.73. The number of benzene rings is 2. The standard InChI is InChI=1S/C16H16Cl3NO2/c1-3-22-16-8-13(18)10(6-15(16)21-2)9-20-11-4-5-12(17)14(19)7-11/h4-8,20H,3,9H2,1-2H3. The Kier molecular flexibility index (Phi) is 6.07. The van der Waals surface area contributed by atoms with Gasteiger partial charge in [-0.25, -0.2) is 0 Å². The summed E-state index contributed by atoms with van der Waals surface area (Å²) in [5, 5.41) is 4.88. The second-order valence-electron chi connectivity index (χ2n) is 4.51. The molecule has 3 nitrogen and oxygen atoms in total. The van der Waals surface area contributed by atoms with Crippen LogP contribution >= 0.6 is 34.8 Å². The summed E-state index contributed by atoms with van der Waals surface area (Å²) in [5.41, 5.74) is 1.76. The highest BCUT2D eigenvalue weighted by molar-refractivity contribution is 6.42. The van der Waals surface area contributed by atoms with Gasteiger partial charge in [0.2, 0.25) is 0 Å². The normalized spacial score (nSPS) is 10.4. The predicted molar refractivity (Wildman–Crippen MR) is 93.0 cm³/mol. The Morgan fingerprint density at radius 3 is 2.36 bits per heavy atom. The van der Waals surface area contributed by atoms with Crippen molar-refractivity contribution in [3.8, 4) is 11.5 Å². The smallest absolute Gasteiger partial charge is 0.162 e. The number of nitrogens with one attached hydrogen (secondary N) is 1. The molecule has 2 aromatic carbocycles. The van der Waals surface area contributed by atoms with Crippen LogP contribution in [0.5, 0.6) is 11.5 Å². The first-order chi connectivity index (χ1) is 10.5. The van der Waals surface area contributed by atoms with E-state index >= 15 is 0 Å². The van der Waals surface area contributed by atoms with Crippen LogP contribution in [0.4, 0.5) is 5.69 Å². The first kappa shape index (κ1) is 17.1. The summed E-state index contributed by atoms with van der Waals surface area (Å²) in [4.78, 5) is 0. The van der Waals surface area contributed by atoms with Gasteiger partial charge in [-0.2, -0.15) is 0 Å². The third-order valence-electron chi connectivity index (χ3n) is 3.04. The minimum absolute atomic E-state index is 0.502. The molecule has 2 aromatic rings. The molecule has 0 aromatic heterocycles. The zero-order chi connectivity index (χ0) is 16.1. The van der Waals surface area contributed by atoms with Gasteiger partial charge in [0.15, 0.2) is 11.5 Å². The average Bonchev–Trinajstić information content (AvgIpc) is 2.50. The lowest BCUT2D eigenvalue weighted by Crippen LogP contribution is -2.02. The van der Waals surface area contributed by atoms with E-state index in [0.717, 1.165) is 11.3 Å². The van der Waals surface area contributed by atoms with Crippen molar-refractivity contribution >= 4 is 40.5 Å². The van der Waals surface area contributed by atoms with Crippen molar-refractivity contribution in [3.05, 3.63) is 51.0 Å². The van der Waals surface area contributed by atoms with Crippen LogP contribution < -0.4 is 14.8 Å². The lowest BCUT2D eigenvalue weighted by atomic mass is 10.2. The summed E-state index contributed by atoms with van der Waals surface area (Å²) in [6, 6.07) is 8.98. The number of methoxy groups -OCH3 is 1. The van der Waals surface area contributed by atoms with Crippen LogP contribution in [-0.2, 0) is 6.54 Å². The number of rotatable bonds is 6. The van der Waals surface area contributed by atoms with Gasteiger partial charge in [0.1, 0.15) is 0 Å². The molecule has 118 valence electrons. The van der Waals surface area contributed by atoms with Crippen molar-refractivity contribution in [2.75, 3.05) is 19.0 Å². The highest BCUT2D eigenvalue weighted by Gasteiger charge is 2.10. The van der Waals surface area contributed by atoms with E-state index in [-0.39, 0.29) is 0 Å². The molecule has 0 radical (unpaired) electrons. The van der Waals surface area contributed by atoms with Crippen LogP contribution in [0.15, 0.2) is 30.3 Å². The molecule has 0 unspecified atom stereocenters. The monoisotopic (exact) mass is 359 g/mol. The molecule has 22 heavy (non-hydrogen) atoms. The van der Waals surface area contributed by atoms with Gasteiger partial charge in [-0.15, -0.1) is 0 Å². The van der Waals surface area contributed by atoms with E-state index in [1.165, 1.54) is 0 Å². The second kappa shape index (κ2) is 7.82. The molecule has 0 aliphatic rings. The number of halogens is 3. The Morgan fingerprint density at radius 1 is 0.955 bits per heavy atom. The van der Waals surface area contributed by atoms with E-state index in [1.54, 1.807) is 25.3 Å². The molecule has 6 heteroatoms. The first-order valence-electron chi connectivity index (χ1n) is 6.73. The Morgan fingerprint density at radius 2 is 1.73 bits per heavy atom. The maximum atomic E-state index is 6.29. The van der Waals surface area contributed by atoms with E-state index in [4.69, 9.17) is 44.3 Å². The van der Waals surface area contributed by atoms with Gasteiger partial charge in [-0.1, -0.05) is 34.8 Å². The van der Waals surface area contributed by atoms with Gasteiger partial charge in [-0.3, -0.25) is 0 Å². The fourth-order valence-electron chi connectivity index (χ4n) is 1.94. The van der Waals surface area contributed by atoms with E-state index in [2.05, 4.69) is 5.32 Å². The van der Waals surface area contributed by atoms with Crippen LogP contribution in [0.2, 0.25) is 15.1 Å². The molecule has 2 rings (SSSR count). The fourth-order valence-corrected chi connectivity index (χ4v) is 2.46. The number of hydrogen-bond donors (Lipinski definition) is 1. The fraction of sp³-hybridized carbons (Fsp3) is 0.250. The summed E-state index contributed by atoms with van der Waals surface area (Å²) in [7, 11) is 1.60. The maximum absolute atomic E-state index is 6.29. The predicted octanol–water partition coefficient (Wildman–Crippen LogP) is 5.67. The molecule has 0 aliphatic carbocycles. The van der Waals surface area contributed by atoms with Crippen molar-refractivity contribution in [1.82, 2.24) is 0 Å². The van der Waals surface area contributed by atoms with Crippen molar-refractivity contribution in [3.63, 3.8) is 0 Å². The SMILES string of the molecule is CCOc1cc(Cl)c(CNc2ccc(Cl)c(Cl)c2)cc1OC. The maximum Gasteiger partial charge on any atom is 0.162 e. The molecule has 0 fully saturated rings. The third-order valence-corrected chi connectivity index (χ3v) is 4.13. The lowest BCUT2D eigenvalue weighted by Gasteiger charge is -2.14. The van der Waals surface area contributed by atoms with Gasteiger partial charge in [-0.05, 0) is 36.8 Å². The summed E-state index contributed by atoms with van der Waals surface area (Å²) in [5.74, 6) is 1.28. The van der Waals surface area contributed by atoms with E-state index in [0.29, 0.717) is 39.7 Å². The zero-order valence-corrected chi connectivity index (χ0v) is 14.5. The summed E-state index contributed by atoms with van der Waals surface area (Å²) < 4.78 is 10.8. The van der Waals surface area contributed by atoms with E-state index in [1.807, 2.05) is 19.1 Å². The Balaban J connectivity index is 2.16. The van der Waals surface area contributed by atoms with Crippen molar-refractivity contribution in [2.24, 2.45) is 0 Å². The van der Waals surface area contributed by atoms with Crippen molar-refractivity contribution < 1.29 is 9.47 Å². The summed E-state index contributed by atoms with van der Waals surface area (Å²) in [6.07, 6.45) is 0. The quantitative estimate of drug-likeness (QED) is 0.720. The molecule has 0 bridgehead atoms. The molecule has 0 atom stereocenters. The molecular weight excluding hydrogens is 345 g/mol. The molecular formula is C16H16Cl3NO2. The van der Waals surface area contributed by atoms with E-state index < -0.39 is 0 Å². The Labute approximate surface area is 145 Å². The van der Waals surface area contributed by atoms with Gasteiger partial charge >= 0.3 is 0 Å². The minimum atomic E-state index is 0.502. The number of anilines is 1. The molecule has 0 saturated carbocycles. The Bertz CT molecular complexity index is 662. The highest BCUT2D eigenvalue weighted by Crippen LogP contribution is 2.34. The van der Waals surface area contributed by atoms with Crippen LogP contribution in [0.25, 0.3) is 0 Å². The molecule has 0 amide bonds. The van der Waals surface area contributed by atoms with Crippen molar-refractivity contribution in [1.29, 1.82) is 0 Å². The molecule has 0 spiro atoms. The van der Waals surface area contributed by atoms with E-state index in [9.17, 15) is 0 Å². The van der Waals surface area contributed by atoms with Crippen LogP contribution in [-0.4, -0.2) is 13.7 Å². The number of ether oxygens (including phenoxy) is 2. The zero-order valence-electron chi connectivity index (χ0n) is 12.3. The minimum Gasteiger partial charge on any atom is -0.493 e. The van der Waals surface area contributed by atoms with Crippen LogP contribution in [0.1, 0.15) is 12.5 Å². The highest BCUT2D eigenvalue weighted by atomic mass is 35.5. The average molecular weight is 361 g/mol. The molecule has 0 saturated heterocycles. The van der Waals surface area contributed by atoms with Gasteiger partial charge < -0.3 is 14.8 Å². The van der Waals surface area contributed by atoms with Crippen LogP contribution in [0, 0.1) is 0 Å². The molecule has 0 aliphatic heterocycles. The third kappa shape index (κ3) is 4.13. The molecule has 1 N–H and O–H groups in total. The first-order valence-corrected chi connectivity index (χ1v) is 7.86. The lowest BCUT2D eigenvalue weighted by molar-refractivity contribution is 0.311. The summed E-state index contributed by atoms with van der Waals surface area (Å²) >= 11 is 18.2. The van der Waals surface area contributed by atoms with Gasteiger partial charge in [0.25, 0.3) is 0 Å². The topological polar surface area (TPSA) is 30.5 Å². The summed E-state index contributed by atoms with van der Waals surface area (Å²) in [6.45, 7) is 2.99. The van der Waals surface area contributed by atoms with Crippen LogP contribution in [0.3, 0.4) is 0 Å². The number of hydrogen-bond acceptors (Lipinski definition) is 3. The van der Waals surface area contributed by atoms with Crippen molar-refractivity contribution in [2.45, 2.75) is 13.5 Å². The van der Waals surface area contributed by atoms with Gasteiger partial charge in [0, 0.05) is 23.3 Å².